The van der Waals surface area contributed by atoms with Crippen LogP contribution >= 0.6 is 11.5 Å². The van der Waals surface area contributed by atoms with Gasteiger partial charge in [-0.05, 0) is 49.3 Å². The number of unbranched alkanes of at least 4 members (excludes halogenated alkanes) is 1. The first-order valence-corrected chi connectivity index (χ1v) is 11.7. The fourth-order valence-electron chi connectivity index (χ4n) is 3.26. The van der Waals surface area contributed by atoms with E-state index >= 15 is 0 Å². The van der Waals surface area contributed by atoms with Crippen molar-refractivity contribution < 1.29 is 14.4 Å². The SMILES string of the molecule is CCCCC(C(=O)NCCC(C)C)N(C(=O)c1snc(C(N)=O)c1N)c1ccc(C)cc1. The first-order chi connectivity index (χ1) is 15.2. The number of rotatable bonds is 11. The molecule has 0 fully saturated rings. The molecule has 1 aromatic heterocycles. The van der Waals surface area contributed by atoms with Crippen LogP contribution in [0, 0.1) is 12.8 Å². The number of carbonyl (C=O) groups excluding carboxylic acids is 3. The van der Waals surface area contributed by atoms with E-state index in [4.69, 9.17) is 11.5 Å². The summed E-state index contributed by atoms with van der Waals surface area (Å²) in [5.74, 6) is -1.04. The molecule has 9 heteroatoms. The normalized spacial score (nSPS) is 11.9. The van der Waals surface area contributed by atoms with Gasteiger partial charge in [0, 0.05) is 12.2 Å². The van der Waals surface area contributed by atoms with E-state index in [1.54, 1.807) is 12.1 Å². The highest BCUT2D eigenvalue weighted by Crippen LogP contribution is 2.29. The third-order valence-corrected chi connectivity index (χ3v) is 6.00. The van der Waals surface area contributed by atoms with Gasteiger partial charge >= 0.3 is 0 Å². The van der Waals surface area contributed by atoms with Gasteiger partial charge in [-0.2, -0.15) is 4.37 Å². The maximum Gasteiger partial charge on any atom is 0.272 e. The second kappa shape index (κ2) is 11.6. The molecule has 32 heavy (non-hydrogen) atoms. The zero-order valence-electron chi connectivity index (χ0n) is 19.2. The van der Waals surface area contributed by atoms with Crippen LogP contribution < -0.4 is 21.7 Å². The number of nitrogens with zero attached hydrogens (tertiary/aromatic N) is 2. The van der Waals surface area contributed by atoms with Crippen molar-refractivity contribution in [1.29, 1.82) is 0 Å². The minimum atomic E-state index is -0.798. The van der Waals surface area contributed by atoms with Crippen LogP contribution in [0.1, 0.15) is 72.2 Å². The van der Waals surface area contributed by atoms with Gasteiger partial charge in [0.1, 0.15) is 10.9 Å². The summed E-state index contributed by atoms with van der Waals surface area (Å²) in [5.41, 5.74) is 12.8. The lowest BCUT2D eigenvalue weighted by Gasteiger charge is -2.31. The number of amides is 3. The monoisotopic (exact) mass is 459 g/mol. The van der Waals surface area contributed by atoms with Crippen molar-refractivity contribution in [3.05, 3.63) is 40.4 Å². The van der Waals surface area contributed by atoms with Gasteiger partial charge < -0.3 is 16.8 Å². The van der Waals surface area contributed by atoms with Crippen LogP contribution in [0.3, 0.4) is 0 Å². The van der Waals surface area contributed by atoms with E-state index < -0.39 is 17.9 Å². The fraction of sp³-hybridized carbons (Fsp3) is 0.478. The second-order valence-corrected chi connectivity index (χ2v) is 9.05. The first kappa shape index (κ1) is 25.3. The van der Waals surface area contributed by atoms with E-state index in [0.29, 0.717) is 24.6 Å². The lowest BCUT2D eigenvalue weighted by Crippen LogP contribution is -2.50. The molecule has 1 aromatic carbocycles. The maximum atomic E-state index is 13.7. The number of aryl methyl sites for hydroxylation is 1. The van der Waals surface area contributed by atoms with Crippen molar-refractivity contribution in [2.75, 3.05) is 17.2 Å². The predicted octanol–water partition coefficient (Wildman–Crippen LogP) is 3.50. The molecule has 1 unspecified atom stereocenters. The van der Waals surface area contributed by atoms with Gasteiger partial charge in [-0.1, -0.05) is 51.3 Å². The summed E-state index contributed by atoms with van der Waals surface area (Å²) < 4.78 is 3.96. The van der Waals surface area contributed by atoms with Gasteiger partial charge in [0.2, 0.25) is 5.91 Å². The molecule has 5 N–H and O–H groups in total. The van der Waals surface area contributed by atoms with Crippen molar-refractivity contribution in [2.24, 2.45) is 11.7 Å². The highest BCUT2D eigenvalue weighted by Gasteiger charge is 2.34. The summed E-state index contributed by atoms with van der Waals surface area (Å²) in [6, 6.07) is 6.65. The molecule has 174 valence electrons. The van der Waals surface area contributed by atoms with E-state index in [1.165, 1.54) is 4.90 Å². The molecule has 3 amide bonds. The molecule has 0 spiro atoms. The lowest BCUT2D eigenvalue weighted by molar-refractivity contribution is -0.122. The largest absolute Gasteiger partial charge is 0.395 e. The van der Waals surface area contributed by atoms with Crippen LogP contribution in [-0.4, -0.2) is 34.7 Å². The van der Waals surface area contributed by atoms with Gasteiger partial charge in [0.05, 0.1) is 5.69 Å². The number of nitrogens with one attached hydrogen (secondary N) is 1. The molecule has 0 saturated heterocycles. The average Bonchev–Trinajstić information content (AvgIpc) is 3.13. The summed E-state index contributed by atoms with van der Waals surface area (Å²) in [5, 5.41) is 2.98. The molecule has 8 nitrogen and oxygen atoms in total. The molecule has 0 aliphatic carbocycles. The molecule has 2 rings (SSSR count). The highest BCUT2D eigenvalue weighted by molar-refractivity contribution is 7.09. The smallest absolute Gasteiger partial charge is 0.272 e. The molecule has 1 atom stereocenters. The molecule has 2 aromatic rings. The van der Waals surface area contributed by atoms with Crippen molar-refractivity contribution in [3.8, 4) is 0 Å². The predicted molar refractivity (Wildman–Crippen MR) is 129 cm³/mol. The number of carbonyl (C=O) groups is 3. The van der Waals surface area contributed by atoms with E-state index in [2.05, 4.69) is 23.5 Å². The molecule has 0 aliphatic heterocycles. The molecule has 0 bridgehead atoms. The number of primary amides is 1. The number of nitrogen functional groups attached to an aromatic ring is 1. The third-order valence-electron chi connectivity index (χ3n) is 5.15. The van der Waals surface area contributed by atoms with Crippen LogP contribution in [0.4, 0.5) is 11.4 Å². The van der Waals surface area contributed by atoms with E-state index in [1.807, 2.05) is 26.0 Å². The Hall–Kier alpha value is -2.94. The van der Waals surface area contributed by atoms with Crippen molar-refractivity contribution in [3.63, 3.8) is 0 Å². The summed E-state index contributed by atoms with van der Waals surface area (Å²) in [6.07, 6.45) is 2.97. The molecular formula is C23H33N5O3S. The van der Waals surface area contributed by atoms with Crippen LogP contribution in [0.15, 0.2) is 24.3 Å². The van der Waals surface area contributed by atoms with Crippen LogP contribution in [-0.2, 0) is 4.79 Å². The van der Waals surface area contributed by atoms with Gasteiger partial charge in [-0.15, -0.1) is 0 Å². The Bertz CT molecular complexity index is 940. The van der Waals surface area contributed by atoms with Crippen LogP contribution in [0.2, 0.25) is 0 Å². The van der Waals surface area contributed by atoms with Crippen molar-refractivity contribution >= 4 is 40.6 Å². The Morgan fingerprint density at radius 1 is 1.16 bits per heavy atom. The number of hydrogen-bond acceptors (Lipinski definition) is 6. The number of anilines is 2. The zero-order chi connectivity index (χ0) is 23.8. The number of benzene rings is 1. The number of hydrogen-bond donors (Lipinski definition) is 3. The Labute approximate surface area is 193 Å². The van der Waals surface area contributed by atoms with Gasteiger partial charge in [0.25, 0.3) is 11.8 Å². The van der Waals surface area contributed by atoms with E-state index in [-0.39, 0.29) is 22.2 Å². The molecule has 0 aliphatic rings. The Morgan fingerprint density at radius 2 is 1.81 bits per heavy atom. The van der Waals surface area contributed by atoms with Gasteiger partial charge in [-0.25, -0.2) is 0 Å². The minimum Gasteiger partial charge on any atom is -0.395 e. The summed E-state index contributed by atoms with van der Waals surface area (Å²) >= 11 is 0.815. The Kier molecular flexibility index (Phi) is 9.19. The Morgan fingerprint density at radius 3 is 2.34 bits per heavy atom. The maximum absolute atomic E-state index is 13.7. The molecule has 1 heterocycles. The Balaban J connectivity index is 2.48. The number of aromatic nitrogens is 1. The van der Waals surface area contributed by atoms with E-state index in [9.17, 15) is 14.4 Å². The fourth-order valence-corrected chi connectivity index (χ4v) is 4.00. The van der Waals surface area contributed by atoms with Gasteiger partial charge in [0.15, 0.2) is 5.69 Å². The lowest BCUT2D eigenvalue weighted by atomic mass is 10.0. The zero-order valence-corrected chi connectivity index (χ0v) is 20.0. The molecular weight excluding hydrogens is 426 g/mol. The second-order valence-electron chi connectivity index (χ2n) is 8.28. The van der Waals surface area contributed by atoms with E-state index in [0.717, 1.165) is 36.4 Å². The highest BCUT2D eigenvalue weighted by atomic mass is 32.1. The third kappa shape index (κ3) is 6.29. The molecule has 0 radical (unpaired) electrons. The van der Waals surface area contributed by atoms with Crippen LogP contribution in [0.5, 0.6) is 0 Å². The molecule has 0 saturated carbocycles. The average molecular weight is 460 g/mol. The topological polar surface area (TPSA) is 131 Å². The standard InChI is InChI=1S/C23H33N5O3S/c1-5-6-7-17(22(30)26-13-12-14(2)3)28(16-10-8-15(4)9-11-16)23(31)20-18(24)19(21(25)29)27-32-20/h8-11,14,17H,5-7,12-13,24H2,1-4H3,(H2,25,29)(H,26,30). The quantitative estimate of drug-likeness (QED) is 0.473. The van der Waals surface area contributed by atoms with Gasteiger partial charge in [-0.3, -0.25) is 19.3 Å². The van der Waals surface area contributed by atoms with Crippen molar-refractivity contribution in [1.82, 2.24) is 9.69 Å². The van der Waals surface area contributed by atoms with Crippen LogP contribution in [0.25, 0.3) is 0 Å². The summed E-state index contributed by atoms with van der Waals surface area (Å²) in [4.78, 5) is 40.0. The summed E-state index contributed by atoms with van der Waals surface area (Å²) in [6.45, 7) is 8.69. The first-order valence-electron chi connectivity index (χ1n) is 10.9. The minimum absolute atomic E-state index is 0.0564. The van der Waals surface area contributed by atoms with Crippen molar-refractivity contribution in [2.45, 2.75) is 59.4 Å². The summed E-state index contributed by atoms with van der Waals surface area (Å²) in [7, 11) is 0. The number of nitrogens with two attached hydrogens (primary N) is 2.